The monoisotopic (exact) mass is 313 g/mol. The summed E-state index contributed by atoms with van der Waals surface area (Å²) in [6, 6.07) is 8.32. The SMILES string of the molecule is CC(Cc1cnc[nH]1)C(=O)N(C)Cc1csc2ccccc12. The lowest BCUT2D eigenvalue weighted by atomic mass is 10.0. The predicted octanol–water partition coefficient (Wildman–Crippen LogP) is 3.46. The zero-order chi connectivity index (χ0) is 15.5. The quantitative estimate of drug-likeness (QED) is 0.784. The van der Waals surface area contributed by atoms with Crippen LogP contribution in [-0.4, -0.2) is 27.8 Å². The van der Waals surface area contributed by atoms with E-state index < -0.39 is 0 Å². The Balaban J connectivity index is 1.68. The summed E-state index contributed by atoms with van der Waals surface area (Å²) < 4.78 is 1.27. The van der Waals surface area contributed by atoms with Gasteiger partial charge in [-0.1, -0.05) is 25.1 Å². The third kappa shape index (κ3) is 3.04. The van der Waals surface area contributed by atoms with Crippen LogP contribution in [0.1, 0.15) is 18.2 Å². The first kappa shape index (κ1) is 14.8. The number of rotatable bonds is 5. The molecule has 1 N–H and O–H groups in total. The molecule has 3 rings (SSSR count). The number of carbonyl (C=O) groups excluding carboxylic acids is 1. The highest BCUT2D eigenvalue weighted by atomic mass is 32.1. The molecule has 3 aromatic rings. The fourth-order valence-electron chi connectivity index (χ4n) is 2.68. The highest BCUT2D eigenvalue weighted by molar-refractivity contribution is 7.17. The molecule has 4 nitrogen and oxygen atoms in total. The van der Waals surface area contributed by atoms with Crippen molar-refractivity contribution in [2.45, 2.75) is 19.9 Å². The number of carbonyl (C=O) groups is 1. The predicted molar refractivity (Wildman–Crippen MR) is 89.8 cm³/mol. The van der Waals surface area contributed by atoms with Crippen molar-refractivity contribution >= 4 is 27.3 Å². The summed E-state index contributed by atoms with van der Waals surface area (Å²) in [6.07, 6.45) is 4.11. The van der Waals surface area contributed by atoms with Gasteiger partial charge in [0.25, 0.3) is 0 Å². The Morgan fingerprint density at radius 3 is 3.00 bits per heavy atom. The molecule has 0 aliphatic carbocycles. The van der Waals surface area contributed by atoms with Crippen LogP contribution in [0.5, 0.6) is 0 Å². The molecule has 5 heteroatoms. The van der Waals surface area contributed by atoms with E-state index >= 15 is 0 Å². The van der Waals surface area contributed by atoms with Crippen LogP contribution in [0.2, 0.25) is 0 Å². The first-order valence-corrected chi connectivity index (χ1v) is 8.20. The van der Waals surface area contributed by atoms with Gasteiger partial charge >= 0.3 is 0 Å². The van der Waals surface area contributed by atoms with Gasteiger partial charge in [0.05, 0.1) is 6.33 Å². The molecule has 0 saturated heterocycles. The van der Waals surface area contributed by atoms with Crippen LogP contribution in [0.25, 0.3) is 10.1 Å². The number of benzene rings is 1. The number of amides is 1. The van der Waals surface area contributed by atoms with Gasteiger partial charge in [0.15, 0.2) is 0 Å². The number of aromatic amines is 1. The van der Waals surface area contributed by atoms with E-state index in [0.717, 1.165) is 5.69 Å². The Morgan fingerprint density at radius 2 is 2.23 bits per heavy atom. The Labute approximate surface area is 133 Å². The number of thiophene rings is 1. The fourth-order valence-corrected chi connectivity index (χ4v) is 3.63. The molecule has 1 aromatic carbocycles. The maximum atomic E-state index is 12.5. The van der Waals surface area contributed by atoms with Crippen molar-refractivity contribution in [1.82, 2.24) is 14.9 Å². The molecule has 0 aliphatic rings. The lowest BCUT2D eigenvalue weighted by Crippen LogP contribution is -2.32. The van der Waals surface area contributed by atoms with Gasteiger partial charge in [-0.05, 0) is 22.4 Å². The van der Waals surface area contributed by atoms with Gasteiger partial charge in [-0.2, -0.15) is 0 Å². The summed E-state index contributed by atoms with van der Waals surface area (Å²) in [7, 11) is 1.87. The van der Waals surface area contributed by atoms with E-state index in [-0.39, 0.29) is 11.8 Å². The second kappa shape index (κ2) is 6.32. The van der Waals surface area contributed by atoms with Crippen LogP contribution in [-0.2, 0) is 17.8 Å². The zero-order valence-corrected chi connectivity index (χ0v) is 13.6. The minimum atomic E-state index is -0.0599. The molecule has 1 unspecified atom stereocenters. The van der Waals surface area contributed by atoms with Crippen molar-refractivity contribution < 1.29 is 4.79 Å². The molecule has 1 atom stereocenters. The number of hydrogen-bond donors (Lipinski definition) is 1. The maximum absolute atomic E-state index is 12.5. The normalized spacial score (nSPS) is 12.5. The first-order chi connectivity index (χ1) is 10.6. The second-order valence-electron chi connectivity index (χ2n) is 5.63. The van der Waals surface area contributed by atoms with E-state index in [1.807, 2.05) is 31.0 Å². The van der Waals surface area contributed by atoms with Gasteiger partial charge in [-0.3, -0.25) is 4.79 Å². The number of aromatic nitrogens is 2. The van der Waals surface area contributed by atoms with E-state index in [4.69, 9.17) is 0 Å². The number of fused-ring (bicyclic) bond motifs is 1. The van der Waals surface area contributed by atoms with E-state index in [9.17, 15) is 4.79 Å². The summed E-state index contributed by atoms with van der Waals surface area (Å²) in [5.74, 6) is 0.0974. The minimum absolute atomic E-state index is 0.0599. The van der Waals surface area contributed by atoms with Crippen molar-refractivity contribution in [3.8, 4) is 0 Å². The largest absolute Gasteiger partial charge is 0.348 e. The van der Waals surface area contributed by atoms with E-state index in [1.54, 1.807) is 23.9 Å². The molecule has 1 amide bonds. The summed E-state index contributed by atoms with van der Waals surface area (Å²) in [4.78, 5) is 21.4. The van der Waals surface area contributed by atoms with Gasteiger partial charge in [-0.15, -0.1) is 11.3 Å². The van der Waals surface area contributed by atoms with E-state index in [2.05, 4.69) is 27.5 Å². The second-order valence-corrected chi connectivity index (χ2v) is 6.54. The molecule has 0 fully saturated rings. The van der Waals surface area contributed by atoms with Crippen molar-refractivity contribution in [3.63, 3.8) is 0 Å². The van der Waals surface area contributed by atoms with Crippen LogP contribution in [0.3, 0.4) is 0 Å². The third-order valence-corrected chi connectivity index (χ3v) is 4.86. The Kier molecular flexibility index (Phi) is 4.24. The summed E-state index contributed by atoms with van der Waals surface area (Å²) in [6.45, 7) is 2.61. The van der Waals surface area contributed by atoms with Crippen LogP contribution in [0.4, 0.5) is 0 Å². The van der Waals surface area contributed by atoms with Crippen molar-refractivity contribution in [2.24, 2.45) is 5.92 Å². The molecule has 0 aliphatic heterocycles. The van der Waals surface area contributed by atoms with Crippen LogP contribution < -0.4 is 0 Å². The average Bonchev–Trinajstić information content (AvgIpc) is 3.17. The highest BCUT2D eigenvalue weighted by Crippen LogP contribution is 2.26. The Bertz CT molecular complexity index is 763. The molecule has 22 heavy (non-hydrogen) atoms. The number of imidazole rings is 1. The highest BCUT2D eigenvalue weighted by Gasteiger charge is 2.19. The molecular formula is C17H19N3OS. The van der Waals surface area contributed by atoms with Gasteiger partial charge < -0.3 is 9.88 Å². The molecule has 0 bridgehead atoms. The Hall–Kier alpha value is -2.14. The number of nitrogens with zero attached hydrogens (tertiary/aromatic N) is 2. The standard InChI is InChI=1S/C17H19N3OS/c1-12(7-14-8-18-11-19-14)17(21)20(2)9-13-10-22-16-6-4-3-5-15(13)16/h3-6,8,10-12H,7,9H2,1-2H3,(H,18,19). The summed E-state index contributed by atoms with van der Waals surface area (Å²) in [5, 5.41) is 3.39. The topological polar surface area (TPSA) is 49.0 Å². The van der Waals surface area contributed by atoms with Gasteiger partial charge in [-0.25, -0.2) is 4.98 Å². The van der Waals surface area contributed by atoms with Crippen LogP contribution in [0.15, 0.2) is 42.2 Å². The fraction of sp³-hybridized carbons (Fsp3) is 0.294. The number of H-pyrrole nitrogens is 1. The summed E-state index contributed by atoms with van der Waals surface area (Å²) >= 11 is 1.73. The number of nitrogens with one attached hydrogen (secondary N) is 1. The summed E-state index contributed by atoms with van der Waals surface area (Å²) in [5.41, 5.74) is 2.21. The zero-order valence-electron chi connectivity index (χ0n) is 12.7. The molecule has 0 spiro atoms. The van der Waals surface area contributed by atoms with E-state index in [1.165, 1.54) is 15.6 Å². The molecule has 0 radical (unpaired) electrons. The van der Waals surface area contributed by atoms with Crippen molar-refractivity contribution in [1.29, 1.82) is 0 Å². The molecule has 2 heterocycles. The third-order valence-electron chi connectivity index (χ3n) is 3.85. The van der Waals surface area contributed by atoms with E-state index in [0.29, 0.717) is 13.0 Å². The van der Waals surface area contributed by atoms with Crippen LogP contribution >= 0.6 is 11.3 Å². The van der Waals surface area contributed by atoms with Crippen LogP contribution in [0, 0.1) is 5.92 Å². The first-order valence-electron chi connectivity index (χ1n) is 7.32. The maximum Gasteiger partial charge on any atom is 0.225 e. The average molecular weight is 313 g/mol. The van der Waals surface area contributed by atoms with Gasteiger partial charge in [0, 0.05) is 42.5 Å². The molecule has 0 saturated carbocycles. The lowest BCUT2D eigenvalue weighted by molar-refractivity contribution is -0.134. The van der Waals surface area contributed by atoms with Gasteiger partial charge in [0.2, 0.25) is 5.91 Å². The smallest absolute Gasteiger partial charge is 0.225 e. The Morgan fingerprint density at radius 1 is 1.41 bits per heavy atom. The lowest BCUT2D eigenvalue weighted by Gasteiger charge is -2.21. The molecule has 2 aromatic heterocycles. The molecule has 114 valence electrons. The van der Waals surface area contributed by atoms with Crippen molar-refractivity contribution in [2.75, 3.05) is 7.05 Å². The molecular weight excluding hydrogens is 294 g/mol. The minimum Gasteiger partial charge on any atom is -0.348 e. The van der Waals surface area contributed by atoms with Gasteiger partial charge in [0.1, 0.15) is 0 Å². The van der Waals surface area contributed by atoms with Crippen molar-refractivity contribution in [3.05, 3.63) is 53.4 Å². The number of hydrogen-bond acceptors (Lipinski definition) is 3.